The fourth-order valence-electron chi connectivity index (χ4n) is 3.16. The number of hydrogen-bond donors (Lipinski definition) is 1. The largest absolute Gasteiger partial charge is 0.493 e. The summed E-state index contributed by atoms with van der Waals surface area (Å²) in [5.74, 6) is 0.529. The van der Waals surface area contributed by atoms with E-state index in [-0.39, 0.29) is 17.4 Å². The number of carbonyl (C=O) groups excluding carboxylic acids is 1. The first-order chi connectivity index (χ1) is 14.9. The van der Waals surface area contributed by atoms with Crippen LogP contribution in [0.25, 0.3) is 6.08 Å². The van der Waals surface area contributed by atoms with Crippen LogP contribution in [0.4, 0.5) is 5.69 Å². The summed E-state index contributed by atoms with van der Waals surface area (Å²) in [5, 5.41) is 11.3. The van der Waals surface area contributed by atoms with Crippen molar-refractivity contribution in [2.45, 2.75) is 17.7 Å². The van der Waals surface area contributed by atoms with Crippen LogP contribution in [0.1, 0.15) is 18.4 Å². The minimum atomic E-state index is -3.48. The van der Waals surface area contributed by atoms with Crippen molar-refractivity contribution in [1.82, 2.24) is 4.31 Å². The van der Waals surface area contributed by atoms with Crippen LogP contribution < -0.4 is 14.8 Å². The molecule has 1 N–H and O–H groups in total. The minimum absolute atomic E-state index is 0.0912. The molecule has 0 atom stereocenters. The minimum Gasteiger partial charge on any atom is -0.493 e. The van der Waals surface area contributed by atoms with Crippen LogP contribution in [-0.2, 0) is 14.8 Å². The first-order valence-electron chi connectivity index (χ1n) is 9.71. The molecule has 0 saturated carbocycles. The first kappa shape index (κ1) is 22.3. The SMILES string of the molecule is COc1cc(/C=C/C(=O)Nc2ccc(S(=O)(=O)N3CCCC3)cc2)ccc1OCC#N. The Morgan fingerprint density at radius 3 is 2.52 bits per heavy atom. The summed E-state index contributed by atoms with van der Waals surface area (Å²) in [6, 6.07) is 13.1. The van der Waals surface area contributed by atoms with Gasteiger partial charge >= 0.3 is 0 Å². The molecule has 0 spiro atoms. The fraction of sp³-hybridized carbons (Fsp3) is 0.273. The summed E-state index contributed by atoms with van der Waals surface area (Å²) < 4.78 is 37.1. The Bertz CT molecular complexity index is 1100. The van der Waals surface area contributed by atoms with Gasteiger partial charge in [0.25, 0.3) is 0 Å². The highest BCUT2D eigenvalue weighted by atomic mass is 32.2. The second-order valence-electron chi connectivity index (χ2n) is 6.82. The lowest BCUT2D eigenvalue weighted by Gasteiger charge is -2.15. The molecular weight excluding hydrogens is 418 g/mol. The molecule has 3 rings (SSSR count). The highest BCUT2D eigenvalue weighted by Gasteiger charge is 2.26. The van der Waals surface area contributed by atoms with E-state index in [2.05, 4.69) is 5.32 Å². The molecule has 162 valence electrons. The van der Waals surface area contributed by atoms with Crippen molar-refractivity contribution in [1.29, 1.82) is 5.26 Å². The van der Waals surface area contributed by atoms with E-state index in [4.69, 9.17) is 14.7 Å². The normalized spacial score (nSPS) is 14.3. The van der Waals surface area contributed by atoms with Crippen LogP contribution in [0, 0.1) is 11.3 Å². The van der Waals surface area contributed by atoms with E-state index < -0.39 is 10.0 Å². The first-order valence-corrected chi connectivity index (χ1v) is 11.1. The average Bonchev–Trinajstić information content (AvgIpc) is 3.33. The summed E-state index contributed by atoms with van der Waals surface area (Å²) in [5.41, 5.74) is 1.20. The molecule has 0 unspecified atom stereocenters. The molecule has 9 heteroatoms. The smallest absolute Gasteiger partial charge is 0.248 e. The molecule has 1 saturated heterocycles. The van der Waals surface area contributed by atoms with Crippen molar-refractivity contribution in [3.05, 3.63) is 54.1 Å². The number of rotatable bonds is 8. The van der Waals surface area contributed by atoms with Gasteiger partial charge in [0.1, 0.15) is 6.07 Å². The highest BCUT2D eigenvalue weighted by molar-refractivity contribution is 7.89. The van der Waals surface area contributed by atoms with E-state index >= 15 is 0 Å². The number of methoxy groups -OCH3 is 1. The van der Waals surface area contributed by atoms with Crippen LogP contribution in [0.5, 0.6) is 11.5 Å². The predicted molar refractivity (Wildman–Crippen MR) is 116 cm³/mol. The van der Waals surface area contributed by atoms with Gasteiger partial charge in [0.05, 0.1) is 12.0 Å². The lowest BCUT2D eigenvalue weighted by atomic mass is 10.2. The maximum absolute atomic E-state index is 12.6. The van der Waals surface area contributed by atoms with Crippen molar-refractivity contribution >= 4 is 27.7 Å². The lowest BCUT2D eigenvalue weighted by molar-refractivity contribution is -0.111. The molecule has 1 fully saturated rings. The molecule has 0 aromatic heterocycles. The summed E-state index contributed by atoms with van der Waals surface area (Å²) >= 11 is 0. The molecular formula is C22H23N3O5S. The number of amides is 1. The number of carbonyl (C=O) groups is 1. The van der Waals surface area contributed by atoms with Crippen molar-refractivity contribution in [3.63, 3.8) is 0 Å². The Morgan fingerprint density at radius 1 is 1.16 bits per heavy atom. The van der Waals surface area contributed by atoms with Crippen molar-refractivity contribution < 1.29 is 22.7 Å². The van der Waals surface area contributed by atoms with Crippen molar-refractivity contribution in [2.75, 3.05) is 32.1 Å². The van der Waals surface area contributed by atoms with Gasteiger partial charge in [0, 0.05) is 24.9 Å². The zero-order valence-corrected chi connectivity index (χ0v) is 17.9. The van der Waals surface area contributed by atoms with E-state index in [9.17, 15) is 13.2 Å². The van der Waals surface area contributed by atoms with Gasteiger partial charge in [0.15, 0.2) is 18.1 Å². The number of sulfonamides is 1. The summed E-state index contributed by atoms with van der Waals surface area (Å²) in [6.07, 6.45) is 4.72. The molecule has 2 aromatic carbocycles. The average molecular weight is 442 g/mol. The fourth-order valence-corrected chi connectivity index (χ4v) is 4.68. The molecule has 1 aliphatic heterocycles. The van der Waals surface area contributed by atoms with Gasteiger partial charge in [0.2, 0.25) is 15.9 Å². The van der Waals surface area contributed by atoms with E-state index in [1.54, 1.807) is 36.4 Å². The van der Waals surface area contributed by atoms with Crippen LogP contribution >= 0.6 is 0 Å². The number of nitrogens with zero attached hydrogens (tertiary/aromatic N) is 2. The molecule has 1 heterocycles. The van der Waals surface area contributed by atoms with Gasteiger partial charge in [-0.2, -0.15) is 9.57 Å². The topological polar surface area (TPSA) is 109 Å². The van der Waals surface area contributed by atoms with Crippen LogP contribution in [-0.4, -0.2) is 45.4 Å². The quantitative estimate of drug-likeness (QED) is 0.631. The van der Waals surface area contributed by atoms with Gasteiger partial charge < -0.3 is 14.8 Å². The number of anilines is 1. The van der Waals surface area contributed by atoms with Crippen LogP contribution in [0.15, 0.2) is 53.4 Å². The van der Waals surface area contributed by atoms with Crippen LogP contribution in [0.2, 0.25) is 0 Å². The highest BCUT2D eigenvalue weighted by Crippen LogP contribution is 2.28. The molecule has 0 radical (unpaired) electrons. The van der Waals surface area contributed by atoms with Gasteiger partial charge in [-0.3, -0.25) is 4.79 Å². The predicted octanol–water partition coefficient (Wildman–Crippen LogP) is 3.03. The Labute approximate surface area is 181 Å². The third-order valence-electron chi connectivity index (χ3n) is 4.73. The monoisotopic (exact) mass is 441 g/mol. The second kappa shape index (κ2) is 10.1. The summed E-state index contributed by atoms with van der Waals surface area (Å²) in [4.78, 5) is 12.4. The van der Waals surface area contributed by atoms with Gasteiger partial charge in [-0.1, -0.05) is 6.07 Å². The zero-order chi connectivity index (χ0) is 22.3. The van der Waals surface area contributed by atoms with Gasteiger partial charge in [-0.15, -0.1) is 0 Å². The Balaban J connectivity index is 1.63. The second-order valence-corrected chi connectivity index (χ2v) is 8.75. The van der Waals surface area contributed by atoms with Crippen LogP contribution in [0.3, 0.4) is 0 Å². The standard InChI is InChI=1S/C22H23N3O5S/c1-29-21-16-17(4-10-20(21)30-15-12-23)5-11-22(26)24-18-6-8-19(9-7-18)31(27,28)25-13-2-3-14-25/h4-11,16H,2-3,13-15H2,1H3,(H,24,26)/b11-5+. The van der Waals surface area contributed by atoms with E-state index in [0.717, 1.165) is 12.8 Å². The number of nitriles is 1. The molecule has 0 aliphatic carbocycles. The Morgan fingerprint density at radius 2 is 1.87 bits per heavy atom. The van der Waals surface area contributed by atoms with Gasteiger partial charge in [-0.05, 0) is 60.9 Å². The summed E-state index contributed by atoms with van der Waals surface area (Å²) in [6.45, 7) is 0.996. The zero-order valence-electron chi connectivity index (χ0n) is 17.1. The third kappa shape index (κ3) is 5.63. The van der Waals surface area contributed by atoms with E-state index in [1.165, 1.54) is 29.6 Å². The molecule has 1 aliphatic rings. The number of benzene rings is 2. The Kier molecular flexibility index (Phi) is 7.28. The molecule has 0 bridgehead atoms. The van der Waals surface area contributed by atoms with Crippen molar-refractivity contribution in [2.24, 2.45) is 0 Å². The Hall–Kier alpha value is -3.35. The molecule has 2 aromatic rings. The maximum Gasteiger partial charge on any atom is 0.248 e. The molecule has 8 nitrogen and oxygen atoms in total. The third-order valence-corrected chi connectivity index (χ3v) is 6.64. The van der Waals surface area contributed by atoms with Gasteiger partial charge in [-0.25, -0.2) is 8.42 Å². The van der Waals surface area contributed by atoms with E-state index in [0.29, 0.717) is 35.8 Å². The number of ether oxygens (including phenoxy) is 2. The van der Waals surface area contributed by atoms with E-state index in [1.807, 2.05) is 6.07 Å². The molecule has 1 amide bonds. The maximum atomic E-state index is 12.6. The molecule has 31 heavy (non-hydrogen) atoms. The number of hydrogen-bond acceptors (Lipinski definition) is 6. The van der Waals surface area contributed by atoms with Crippen molar-refractivity contribution in [3.8, 4) is 17.6 Å². The summed E-state index contributed by atoms with van der Waals surface area (Å²) in [7, 11) is -1.99. The number of nitrogens with one attached hydrogen (secondary N) is 1. The lowest BCUT2D eigenvalue weighted by Crippen LogP contribution is -2.27.